The summed E-state index contributed by atoms with van der Waals surface area (Å²) < 4.78 is 5.26. The maximum absolute atomic E-state index is 11.1. The summed E-state index contributed by atoms with van der Waals surface area (Å²) in [5.41, 5.74) is -1.32. The number of aliphatic hydroxyl groups is 3. The summed E-state index contributed by atoms with van der Waals surface area (Å²) >= 11 is 0. The zero-order chi connectivity index (χ0) is 14.1. The fraction of sp³-hybridized carbons (Fsp3) is 0.867. The first kappa shape index (κ1) is 13.6. The standard InChI is InChI=1S/C15H24O4/c1-13(2)5-4-6-14(3)11(13)10(16)7-9-8-19-12(17)15(9,14)18/h7,10-12,16-18H,4-6,8H2,1-3H3/t10-,11-,12+,14-,15-/m0/s1. The molecule has 0 amide bonds. The summed E-state index contributed by atoms with van der Waals surface area (Å²) in [6, 6.07) is 0. The van der Waals surface area contributed by atoms with E-state index < -0.39 is 23.4 Å². The third-order valence-electron chi connectivity index (χ3n) is 5.87. The normalized spacial score (nSPS) is 52.3. The summed E-state index contributed by atoms with van der Waals surface area (Å²) in [5, 5.41) is 31.8. The molecule has 0 bridgehead atoms. The highest BCUT2D eigenvalue weighted by atomic mass is 16.6. The summed E-state index contributed by atoms with van der Waals surface area (Å²) in [5.74, 6) is -0.0705. The van der Waals surface area contributed by atoms with Crippen LogP contribution in [0.25, 0.3) is 0 Å². The van der Waals surface area contributed by atoms with Gasteiger partial charge in [-0.15, -0.1) is 0 Å². The quantitative estimate of drug-likeness (QED) is 0.577. The van der Waals surface area contributed by atoms with E-state index in [1.54, 1.807) is 6.08 Å². The Labute approximate surface area is 114 Å². The van der Waals surface area contributed by atoms with Crippen LogP contribution in [-0.4, -0.2) is 39.9 Å². The Morgan fingerprint density at radius 3 is 2.58 bits per heavy atom. The molecule has 19 heavy (non-hydrogen) atoms. The van der Waals surface area contributed by atoms with Gasteiger partial charge >= 0.3 is 0 Å². The lowest BCUT2D eigenvalue weighted by Crippen LogP contribution is -2.65. The van der Waals surface area contributed by atoms with Crippen LogP contribution in [0.15, 0.2) is 11.6 Å². The Bertz CT molecular complexity index is 430. The number of aliphatic hydroxyl groups excluding tert-OH is 2. The minimum absolute atomic E-state index is 0.0630. The zero-order valence-electron chi connectivity index (χ0n) is 11.9. The van der Waals surface area contributed by atoms with Crippen molar-refractivity contribution in [1.29, 1.82) is 0 Å². The molecule has 1 saturated heterocycles. The second-order valence-corrected chi connectivity index (χ2v) is 7.35. The maximum atomic E-state index is 11.1. The van der Waals surface area contributed by atoms with Crippen molar-refractivity contribution in [2.24, 2.45) is 16.7 Å². The molecule has 0 spiro atoms. The fourth-order valence-electron chi connectivity index (χ4n) is 5.04. The number of rotatable bonds is 0. The van der Waals surface area contributed by atoms with E-state index in [-0.39, 0.29) is 17.9 Å². The molecule has 2 aliphatic carbocycles. The molecule has 4 nitrogen and oxygen atoms in total. The van der Waals surface area contributed by atoms with Gasteiger partial charge < -0.3 is 20.1 Å². The van der Waals surface area contributed by atoms with Gasteiger partial charge in [0.15, 0.2) is 6.29 Å². The number of hydrogen-bond acceptors (Lipinski definition) is 4. The van der Waals surface area contributed by atoms with Crippen molar-refractivity contribution in [3.05, 3.63) is 11.6 Å². The van der Waals surface area contributed by atoms with Crippen LogP contribution in [0, 0.1) is 16.7 Å². The predicted molar refractivity (Wildman–Crippen MR) is 70.2 cm³/mol. The molecule has 3 N–H and O–H groups in total. The molecule has 0 radical (unpaired) electrons. The summed E-state index contributed by atoms with van der Waals surface area (Å²) in [6.07, 6.45) is 2.76. The smallest absolute Gasteiger partial charge is 0.188 e. The van der Waals surface area contributed by atoms with E-state index in [9.17, 15) is 15.3 Å². The highest BCUT2D eigenvalue weighted by Gasteiger charge is 2.67. The Kier molecular flexibility index (Phi) is 2.72. The van der Waals surface area contributed by atoms with Crippen molar-refractivity contribution < 1.29 is 20.1 Å². The molecule has 5 atom stereocenters. The first-order chi connectivity index (χ1) is 8.73. The van der Waals surface area contributed by atoms with E-state index in [0.717, 1.165) is 19.3 Å². The molecule has 0 aromatic heterocycles. The molecule has 0 aromatic rings. The summed E-state index contributed by atoms with van der Waals surface area (Å²) in [6.45, 7) is 6.48. The number of fused-ring (bicyclic) bond motifs is 3. The van der Waals surface area contributed by atoms with Gasteiger partial charge in [-0.3, -0.25) is 0 Å². The number of hydrogen-bond donors (Lipinski definition) is 3. The van der Waals surface area contributed by atoms with Gasteiger partial charge in [0, 0.05) is 11.3 Å². The van der Waals surface area contributed by atoms with Crippen LogP contribution in [0.4, 0.5) is 0 Å². The van der Waals surface area contributed by atoms with Gasteiger partial charge in [-0.25, -0.2) is 0 Å². The SMILES string of the molecule is CC1(C)CCC[C@@]2(C)[C@H]1[C@@H](O)C=C1CO[C@@H](O)[C@@]12O. The summed E-state index contributed by atoms with van der Waals surface area (Å²) in [4.78, 5) is 0. The second kappa shape index (κ2) is 3.82. The van der Waals surface area contributed by atoms with Gasteiger partial charge in [0.2, 0.25) is 0 Å². The van der Waals surface area contributed by atoms with Gasteiger partial charge in [0.25, 0.3) is 0 Å². The third-order valence-corrected chi connectivity index (χ3v) is 5.87. The number of ether oxygens (including phenoxy) is 1. The van der Waals surface area contributed by atoms with Crippen LogP contribution in [-0.2, 0) is 4.74 Å². The zero-order valence-corrected chi connectivity index (χ0v) is 11.9. The first-order valence-corrected chi connectivity index (χ1v) is 7.15. The van der Waals surface area contributed by atoms with Crippen LogP contribution < -0.4 is 0 Å². The summed E-state index contributed by atoms with van der Waals surface area (Å²) in [7, 11) is 0. The second-order valence-electron chi connectivity index (χ2n) is 7.35. The lowest BCUT2D eigenvalue weighted by molar-refractivity contribution is -0.242. The topological polar surface area (TPSA) is 69.9 Å². The van der Waals surface area contributed by atoms with E-state index >= 15 is 0 Å². The van der Waals surface area contributed by atoms with Gasteiger partial charge in [-0.2, -0.15) is 0 Å². The molecule has 0 unspecified atom stereocenters. The third kappa shape index (κ3) is 1.49. The minimum atomic E-state index is -1.35. The minimum Gasteiger partial charge on any atom is -0.389 e. The van der Waals surface area contributed by atoms with E-state index in [0.29, 0.717) is 5.57 Å². The largest absolute Gasteiger partial charge is 0.389 e. The predicted octanol–water partition coefficient (Wildman–Crippen LogP) is 1.20. The highest BCUT2D eigenvalue weighted by molar-refractivity contribution is 5.35. The molecule has 3 rings (SSSR count). The molecular formula is C15H24O4. The monoisotopic (exact) mass is 268 g/mol. The van der Waals surface area contributed by atoms with Gasteiger partial charge in [-0.05, 0) is 23.8 Å². The lowest BCUT2D eigenvalue weighted by atomic mass is 9.46. The molecule has 1 aliphatic heterocycles. The van der Waals surface area contributed by atoms with Crippen LogP contribution in [0.5, 0.6) is 0 Å². The molecule has 3 aliphatic rings. The molecule has 2 fully saturated rings. The van der Waals surface area contributed by atoms with Crippen molar-refractivity contribution in [2.45, 2.75) is 58.0 Å². The van der Waals surface area contributed by atoms with E-state index in [4.69, 9.17) is 4.74 Å². The van der Waals surface area contributed by atoms with Crippen LogP contribution in [0.1, 0.15) is 40.0 Å². The maximum Gasteiger partial charge on any atom is 0.188 e. The molecule has 1 saturated carbocycles. The lowest BCUT2D eigenvalue weighted by Gasteiger charge is -2.60. The Morgan fingerprint density at radius 1 is 1.21 bits per heavy atom. The van der Waals surface area contributed by atoms with Crippen molar-refractivity contribution in [3.63, 3.8) is 0 Å². The van der Waals surface area contributed by atoms with Crippen molar-refractivity contribution in [1.82, 2.24) is 0 Å². The van der Waals surface area contributed by atoms with Crippen LogP contribution in [0.2, 0.25) is 0 Å². The molecule has 0 aromatic carbocycles. The average molecular weight is 268 g/mol. The van der Waals surface area contributed by atoms with E-state index in [1.165, 1.54) is 0 Å². The first-order valence-electron chi connectivity index (χ1n) is 7.15. The fourth-order valence-corrected chi connectivity index (χ4v) is 5.04. The van der Waals surface area contributed by atoms with Crippen LogP contribution in [0.3, 0.4) is 0 Å². The molecule has 108 valence electrons. The van der Waals surface area contributed by atoms with Crippen molar-refractivity contribution in [3.8, 4) is 0 Å². The Balaban J connectivity index is 2.17. The molecule has 1 heterocycles. The van der Waals surface area contributed by atoms with Crippen molar-refractivity contribution >= 4 is 0 Å². The highest BCUT2D eigenvalue weighted by Crippen LogP contribution is 2.63. The van der Waals surface area contributed by atoms with E-state index in [2.05, 4.69) is 13.8 Å². The van der Waals surface area contributed by atoms with Crippen LogP contribution >= 0.6 is 0 Å². The van der Waals surface area contributed by atoms with E-state index in [1.807, 2.05) is 6.92 Å². The van der Waals surface area contributed by atoms with Crippen molar-refractivity contribution in [2.75, 3.05) is 6.61 Å². The van der Waals surface area contributed by atoms with Gasteiger partial charge in [-0.1, -0.05) is 33.3 Å². The Hall–Kier alpha value is -0.420. The Morgan fingerprint density at radius 2 is 1.89 bits per heavy atom. The van der Waals surface area contributed by atoms with Gasteiger partial charge in [0.05, 0.1) is 12.7 Å². The average Bonchev–Trinajstić information content (AvgIpc) is 2.57. The molecule has 4 heteroatoms. The molecular weight excluding hydrogens is 244 g/mol. The van der Waals surface area contributed by atoms with Gasteiger partial charge in [0.1, 0.15) is 5.60 Å².